The molecule has 2 fully saturated rings. The van der Waals surface area contributed by atoms with E-state index in [2.05, 4.69) is 48.2 Å². The Hall–Kier alpha value is -1.19. The van der Waals surface area contributed by atoms with Crippen LogP contribution in [0.5, 0.6) is 0 Å². The molecule has 0 bridgehead atoms. The predicted molar refractivity (Wildman–Crippen MR) is 80.8 cm³/mol. The summed E-state index contributed by atoms with van der Waals surface area (Å²) in [5, 5.41) is 0. The number of benzene rings is 1. The van der Waals surface area contributed by atoms with E-state index in [9.17, 15) is 4.79 Å². The molecule has 0 aromatic heterocycles. The lowest BCUT2D eigenvalue weighted by Gasteiger charge is -2.37. The van der Waals surface area contributed by atoms with Gasteiger partial charge in [-0.25, -0.2) is 0 Å². The standard InChI is InChI=1S/C17H24N2O/c1-18-8-9-19(2)14(12-18)10-17(20)16-11-15(16)13-6-4-3-5-7-13/h3-7,14-16H,8-12H2,1-2H3. The highest BCUT2D eigenvalue weighted by Gasteiger charge is 2.44. The van der Waals surface area contributed by atoms with Crippen LogP contribution in [0.2, 0.25) is 0 Å². The lowest BCUT2D eigenvalue weighted by molar-refractivity contribution is -0.122. The third-order valence-electron chi connectivity index (χ3n) is 4.85. The molecule has 0 N–H and O–H groups in total. The molecule has 3 atom stereocenters. The van der Waals surface area contributed by atoms with E-state index in [1.807, 2.05) is 6.07 Å². The largest absolute Gasteiger partial charge is 0.304 e. The molecule has 1 aliphatic carbocycles. The van der Waals surface area contributed by atoms with Crippen LogP contribution in [0, 0.1) is 5.92 Å². The summed E-state index contributed by atoms with van der Waals surface area (Å²) in [7, 11) is 4.29. The van der Waals surface area contributed by atoms with E-state index in [1.165, 1.54) is 5.56 Å². The summed E-state index contributed by atoms with van der Waals surface area (Å²) in [5.74, 6) is 1.22. The summed E-state index contributed by atoms with van der Waals surface area (Å²) in [6.45, 7) is 3.20. The first-order chi connectivity index (χ1) is 9.65. The number of ketones is 1. The van der Waals surface area contributed by atoms with Gasteiger partial charge in [-0.2, -0.15) is 0 Å². The Labute approximate surface area is 121 Å². The number of nitrogens with zero attached hydrogens (tertiary/aromatic N) is 2. The number of rotatable bonds is 4. The van der Waals surface area contributed by atoms with Gasteiger partial charge >= 0.3 is 0 Å². The molecule has 0 radical (unpaired) electrons. The van der Waals surface area contributed by atoms with Gasteiger partial charge < -0.3 is 9.80 Å². The number of piperazine rings is 1. The van der Waals surface area contributed by atoms with E-state index in [1.54, 1.807) is 0 Å². The fourth-order valence-electron chi connectivity index (χ4n) is 3.32. The quantitative estimate of drug-likeness (QED) is 0.837. The Morgan fingerprint density at radius 3 is 2.70 bits per heavy atom. The zero-order chi connectivity index (χ0) is 14.1. The Balaban J connectivity index is 1.56. The van der Waals surface area contributed by atoms with Crippen molar-refractivity contribution in [1.82, 2.24) is 9.80 Å². The Morgan fingerprint density at radius 1 is 1.20 bits per heavy atom. The Bertz CT molecular complexity index is 473. The van der Waals surface area contributed by atoms with Crippen LogP contribution in [0.1, 0.15) is 24.3 Å². The summed E-state index contributed by atoms with van der Waals surface area (Å²) in [4.78, 5) is 17.1. The van der Waals surface area contributed by atoms with E-state index in [0.717, 1.165) is 32.5 Å². The van der Waals surface area contributed by atoms with Gasteiger partial charge in [0.05, 0.1) is 0 Å². The van der Waals surface area contributed by atoms with Crippen molar-refractivity contribution < 1.29 is 4.79 Å². The first-order valence-corrected chi connectivity index (χ1v) is 7.61. The maximum Gasteiger partial charge on any atom is 0.138 e. The van der Waals surface area contributed by atoms with Crippen molar-refractivity contribution in [2.45, 2.75) is 24.8 Å². The highest BCUT2D eigenvalue weighted by molar-refractivity contribution is 5.85. The predicted octanol–water partition coefficient (Wildman–Crippen LogP) is 2.00. The minimum Gasteiger partial charge on any atom is -0.304 e. The van der Waals surface area contributed by atoms with Gasteiger partial charge in [-0.15, -0.1) is 0 Å². The number of Topliss-reactive ketones (excluding diaryl/α,β-unsaturated/α-hetero) is 1. The maximum atomic E-state index is 12.5. The van der Waals surface area contributed by atoms with Gasteiger partial charge in [0.25, 0.3) is 0 Å². The van der Waals surface area contributed by atoms with Crippen LogP contribution >= 0.6 is 0 Å². The van der Waals surface area contributed by atoms with E-state index >= 15 is 0 Å². The second-order valence-electron chi connectivity index (χ2n) is 6.43. The molecule has 3 rings (SSSR count). The van der Waals surface area contributed by atoms with Crippen molar-refractivity contribution in [1.29, 1.82) is 0 Å². The van der Waals surface area contributed by atoms with Crippen LogP contribution in [0.15, 0.2) is 30.3 Å². The van der Waals surface area contributed by atoms with Crippen LogP contribution in [0.25, 0.3) is 0 Å². The molecule has 1 aromatic rings. The van der Waals surface area contributed by atoms with Gasteiger partial charge in [0.1, 0.15) is 5.78 Å². The zero-order valence-electron chi connectivity index (χ0n) is 12.5. The van der Waals surface area contributed by atoms with Gasteiger partial charge in [-0.1, -0.05) is 30.3 Å². The van der Waals surface area contributed by atoms with E-state index < -0.39 is 0 Å². The smallest absolute Gasteiger partial charge is 0.138 e. The number of likely N-dealkylation sites (N-methyl/N-ethyl adjacent to an activating group) is 2. The molecule has 3 nitrogen and oxygen atoms in total. The second-order valence-corrected chi connectivity index (χ2v) is 6.43. The number of hydrogen-bond acceptors (Lipinski definition) is 3. The number of carbonyl (C=O) groups excluding carboxylic acids is 1. The fraction of sp³-hybridized carbons (Fsp3) is 0.588. The average Bonchev–Trinajstić information content (AvgIpc) is 3.24. The topological polar surface area (TPSA) is 23.6 Å². The average molecular weight is 272 g/mol. The Morgan fingerprint density at radius 2 is 1.95 bits per heavy atom. The fourth-order valence-corrected chi connectivity index (χ4v) is 3.32. The molecule has 1 aromatic carbocycles. The molecule has 2 aliphatic rings. The molecule has 1 aliphatic heterocycles. The van der Waals surface area contributed by atoms with Gasteiger partial charge in [0.15, 0.2) is 0 Å². The highest BCUT2D eigenvalue weighted by atomic mass is 16.1. The molecule has 0 spiro atoms. The summed E-state index contributed by atoms with van der Waals surface area (Å²) in [6.07, 6.45) is 1.77. The first-order valence-electron chi connectivity index (χ1n) is 7.61. The van der Waals surface area contributed by atoms with Crippen molar-refractivity contribution in [3.8, 4) is 0 Å². The van der Waals surface area contributed by atoms with Crippen molar-refractivity contribution >= 4 is 5.78 Å². The third kappa shape index (κ3) is 2.94. The molecule has 1 saturated carbocycles. The normalized spacial score (nSPS) is 31.2. The van der Waals surface area contributed by atoms with Crippen molar-refractivity contribution in [3.63, 3.8) is 0 Å². The van der Waals surface area contributed by atoms with Gasteiger partial charge in [0, 0.05) is 38.0 Å². The first kappa shape index (κ1) is 13.8. The summed E-state index contributed by atoms with van der Waals surface area (Å²) in [5.41, 5.74) is 1.33. The molecule has 1 saturated heterocycles. The summed E-state index contributed by atoms with van der Waals surface area (Å²) in [6, 6.07) is 10.9. The summed E-state index contributed by atoms with van der Waals surface area (Å²) >= 11 is 0. The van der Waals surface area contributed by atoms with Crippen LogP contribution in [0.4, 0.5) is 0 Å². The van der Waals surface area contributed by atoms with Crippen LogP contribution in [-0.4, -0.2) is 55.4 Å². The maximum absolute atomic E-state index is 12.5. The molecular weight excluding hydrogens is 248 g/mol. The van der Waals surface area contributed by atoms with E-state index in [0.29, 0.717) is 17.7 Å². The summed E-state index contributed by atoms with van der Waals surface area (Å²) < 4.78 is 0. The molecule has 108 valence electrons. The van der Waals surface area contributed by atoms with Gasteiger partial charge in [-0.05, 0) is 32.0 Å². The van der Waals surface area contributed by atoms with Gasteiger partial charge in [0.2, 0.25) is 0 Å². The van der Waals surface area contributed by atoms with Crippen molar-refractivity contribution in [3.05, 3.63) is 35.9 Å². The zero-order valence-corrected chi connectivity index (χ0v) is 12.5. The van der Waals surface area contributed by atoms with Crippen molar-refractivity contribution in [2.75, 3.05) is 33.7 Å². The molecular formula is C17H24N2O. The second kappa shape index (κ2) is 5.66. The lowest BCUT2D eigenvalue weighted by Crippen LogP contribution is -2.50. The molecule has 1 heterocycles. The minimum atomic E-state index is 0.276. The minimum absolute atomic E-state index is 0.276. The van der Waals surface area contributed by atoms with Crippen LogP contribution < -0.4 is 0 Å². The van der Waals surface area contributed by atoms with Crippen LogP contribution in [0.3, 0.4) is 0 Å². The molecule has 3 heteroatoms. The molecule has 3 unspecified atom stereocenters. The van der Waals surface area contributed by atoms with Crippen LogP contribution in [-0.2, 0) is 4.79 Å². The third-order valence-corrected chi connectivity index (χ3v) is 4.85. The number of hydrogen-bond donors (Lipinski definition) is 0. The molecule has 0 amide bonds. The van der Waals surface area contributed by atoms with E-state index in [4.69, 9.17) is 0 Å². The molecule has 20 heavy (non-hydrogen) atoms. The Kier molecular flexibility index (Phi) is 3.90. The highest BCUT2D eigenvalue weighted by Crippen LogP contribution is 2.48. The monoisotopic (exact) mass is 272 g/mol. The van der Waals surface area contributed by atoms with Crippen molar-refractivity contribution in [2.24, 2.45) is 5.92 Å². The van der Waals surface area contributed by atoms with E-state index in [-0.39, 0.29) is 5.92 Å². The lowest BCUT2D eigenvalue weighted by atomic mass is 10.0. The number of carbonyl (C=O) groups is 1. The van der Waals surface area contributed by atoms with Gasteiger partial charge in [-0.3, -0.25) is 4.79 Å². The SMILES string of the molecule is CN1CCN(C)C(CC(=O)C2CC2c2ccccc2)C1.